The van der Waals surface area contributed by atoms with E-state index < -0.39 is 47.6 Å². The molecule has 2 heterocycles. The van der Waals surface area contributed by atoms with Gasteiger partial charge in [-0.05, 0) is 82.2 Å². The van der Waals surface area contributed by atoms with Crippen LogP contribution in [0.1, 0.15) is 66.3 Å². The molecular weight excluding hydrogens is 1070 g/mol. The Kier molecular flexibility index (Phi) is 35.9. The molecule has 0 fully saturated rings. The number of fused-ring (bicyclic) bond motifs is 1. The number of esters is 1. The Morgan fingerprint density at radius 1 is 0.625 bits per heavy atom. The standard InChI is InChI=1S/C57H87F4N5O13S/c1-5-15-66(43-45-12-10-44(11-13-45)42-64(2)3)57(68)46-38-51-50(63-52(62)39-46)40-47(80-51)9-7-6-8-16-65(4)17-19-70-21-23-72-25-27-74-29-31-76-33-35-78-37-36-77-34-32-75-30-28-73-26-24-71-22-20-69-18-14-53(67)79-56-54(60)48(58)41-49(59)55(56)61/h10-13,38,40-41,57,68H,5-9,14-37,39,42-43H2,1-4H3,(H2,62,63). The third-order valence-electron chi connectivity index (χ3n) is 12.0. The van der Waals surface area contributed by atoms with E-state index in [0.29, 0.717) is 131 Å². The van der Waals surface area contributed by atoms with Gasteiger partial charge in [-0.15, -0.1) is 11.3 Å². The van der Waals surface area contributed by atoms with Crippen LogP contribution in [0.5, 0.6) is 5.75 Å². The van der Waals surface area contributed by atoms with Crippen molar-refractivity contribution < 1.29 is 79.6 Å². The van der Waals surface area contributed by atoms with Gasteiger partial charge in [0.2, 0.25) is 17.4 Å². The van der Waals surface area contributed by atoms with Crippen LogP contribution in [0.4, 0.5) is 23.2 Å². The number of likely N-dealkylation sites (N-methyl/N-ethyl adjacent to an activating group) is 1. The van der Waals surface area contributed by atoms with Crippen LogP contribution in [0.15, 0.2) is 47.0 Å². The van der Waals surface area contributed by atoms with Gasteiger partial charge in [-0.3, -0.25) is 9.69 Å². The van der Waals surface area contributed by atoms with E-state index in [4.69, 9.17) is 58.1 Å². The van der Waals surface area contributed by atoms with Crippen molar-refractivity contribution in [3.63, 3.8) is 0 Å². The molecule has 1 unspecified atom stereocenters. The molecule has 1 atom stereocenters. The van der Waals surface area contributed by atoms with Crippen LogP contribution in [-0.2, 0) is 71.7 Å². The number of halogens is 4. The molecule has 0 spiro atoms. The Morgan fingerprint density at radius 2 is 1.09 bits per heavy atom. The van der Waals surface area contributed by atoms with Gasteiger partial charge in [-0.1, -0.05) is 37.6 Å². The molecule has 0 bridgehead atoms. The molecule has 0 radical (unpaired) electrons. The fourth-order valence-corrected chi connectivity index (χ4v) is 9.06. The molecule has 1 aliphatic heterocycles. The summed E-state index contributed by atoms with van der Waals surface area (Å²) >= 11 is 1.75. The fourth-order valence-electron chi connectivity index (χ4n) is 7.94. The number of aliphatic imine (C=N–C) groups is 1. The Labute approximate surface area is 474 Å². The largest absolute Gasteiger partial charge is 0.420 e. The molecular formula is C57H87F4N5O13S. The van der Waals surface area contributed by atoms with E-state index in [1.54, 1.807) is 11.3 Å². The number of carbonyl (C=O) groups excluding carboxylic acids is 1. The summed E-state index contributed by atoms with van der Waals surface area (Å²) in [5.74, 6) is -8.96. The number of hydrogen-bond acceptors (Lipinski definition) is 19. The molecule has 23 heteroatoms. The van der Waals surface area contributed by atoms with Gasteiger partial charge in [0.15, 0.2) is 11.6 Å². The summed E-state index contributed by atoms with van der Waals surface area (Å²) in [5, 5.41) is 11.7. The highest BCUT2D eigenvalue weighted by molar-refractivity contribution is 7.13. The van der Waals surface area contributed by atoms with Gasteiger partial charge in [0, 0.05) is 43.5 Å². The number of rotatable bonds is 48. The van der Waals surface area contributed by atoms with E-state index in [0.717, 1.165) is 74.4 Å². The van der Waals surface area contributed by atoms with Crippen molar-refractivity contribution in [3.8, 4) is 5.75 Å². The normalized spacial score (nSPS) is 13.1. The van der Waals surface area contributed by atoms with E-state index in [-0.39, 0.29) is 25.9 Å². The first-order valence-electron chi connectivity index (χ1n) is 27.6. The van der Waals surface area contributed by atoms with Gasteiger partial charge < -0.3 is 72.7 Å². The minimum Gasteiger partial charge on any atom is -0.420 e. The summed E-state index contributed by atoms with van der Waals surface area (Å²) < 4.78 is 113. The van der Waals surface area contributed by atoms with Crippen LogP contribution in [0.2, 0.25) is 0 Å². The van der Waals surface area contributed by atoms with Crippen LogP contribution in [-0.4, -0.2) is 211 Å². The highest BCUT2D eigenvalue weighted by Gasteiger charge is 2.25. The predicted octanol–water partition coefficient (Wildman–Crippen LogP) is 7.18. The lowest BCUT2D eigenvalue weighted by Crippen LogP contribution is -2.37. The van der Waals surface area contributed by atoms with Crippen LogP contribution < -0.4 is 10.5 Å². The van der Waals surface area contributed by atoms with Crippen molar-refractivity contribution in [2.45, 2.75) is 71.2 Å². The van der Waals surface area contributed by atoms with Crippen molar-refractivity contribution in [2.24, 2.45) is 10.7 Å². The van der Waals surface area contributed by atoms with E-state index in [9.17, 15) is 27.5 Å². The third kappa shape index (κ3) is 29.3. The first kappa shape index (κ1) is 68.5. The van der Waals surface area contributed by atoms with Crippen molar-refractivity contribution in [1.82, 2.24) is 14.7 Å². The number of benzene rings is 2. The second kappa shape index (κ2) is 41.9. The van der Waals surface area contributed by atoms with E-state index in [2.05, 4.69) is 83.9 Å². The van der Waals surface area contributed by atoms with E-state index in [1.807, 2.05) is 0 Å². The minimum atomic E-state index is -1.80. The molecule has 0 amide bonds. The van der Waals surface area contributed by atoms with Crippen molar-refractivity contribution >= 4 is 34.9 Å². The Bertz CT molecular complexity index is 2190. The molecule has 18 nitrogen and oxygen atoms in total. The average Bonchev–Trinajstić information content (AvgIpc) is 3.73. The lowest BCUT2D eigenvalue weighted by Gasteiger charge is -2.29. The Balaban J connectivity index is 0.849. The molecule has 0 saturated heterocycles. The van der Waals surface area contributed by atoms with Crippen LogP contribution in [0.3, 0.4) is 0 Å². The maximum absolute atomic E-state index is 13.6. The maximum Gasteiger partial charge on any atom is 0.313 e. The first-order valence-corrected chi connectivity index (χ1v) is 28.5. The number of nitrogens with zero attached hydrogens (tertiary/aromatic N) is 4. The molecule has 1 aliphatic rings. The molecule has 3 aromatic rings. The molecule has 4 rings (SSSR count). The van der Waals surface area contributed by atoms with Gasteiger partial charge in [0.1, 0.15) is 12.1 Å². The number of thiophene rings is 1. The number of aryl methyl sites for hydroxylation is 1. The van der Waals surface area contributed by atoms with Crippen molar-refractivity contribution in [2.75, 3.05) is 173 Å². The smallest absolute Gasteiger partial charge is 0.313 e. The summed E-state index contributed by atoms with van der Waals surface area (Å²) in [7, 11) is 6.27. The SMILES string of the molecule is CCCN(Cc1ccc(CN(C)C)cc1)C(O)C1=Cc2sc(CCCCCN(C)CCOCCOCCOCCOCCOCCOCCOCCOCCOCCOCCC(=O)Oc3c(F)c(F)cc(F)c3F)cc2N=C(N)C1. The Hall–Kier alpha value is -4.02. The van der Waals surface area contributed by atoms with E-state index >= 15 is 0 Å². The predicted molar refractivity (Wildman–Crippen MR) is 299 cm³/mol. The van der Waals surface area contributed by atoms with Gasteiger partial charge in [0.25, 0.3) is 0 Å². The molecule has 80 heavy (non-hydrogen) atoms. The van der Waals surface area contributed by atoms with Gasteiger partial charge in [-0.25, -0.2) is 13.8 Å². The molecule has 3 N–H and O–H groups in total. The highest BCUT2D eigenvalue weighted by atomic mass is 32.1. The van der Waals surface area contributed by atoms with Gasteiger partial charge in [-0.2, -0.15) is 8.78 Å². The zero-order valence-corrected chi connectivity index (χ0v) is 48.2. The van der Waals surface area contributed by atoms with Gasteiger partial charge >= 0.3 is 5.97 Å². The summed E-state index contributed by atoms with van der Waals surface area (Å²) in [6.07, 6.45) is 6.67. The zero-order valence-electron chi connectivity index (χ0n) is 47.4. The summed E-state index contributed by atoms with van der Waals surface area (Å²) in [4.78, 5) is 25.4. The number of nitrogens with two attached hydrogens (primary N) is 1. The highest BCUT2D eigenvalue weighted by Crippen LogP contribution is 2.36. The summed E-state index contributed by atoms with van der Waals surface area (Å²) in [6.45, 7) is 14.1. The number of aliphatic hydroxyl groups excluding tert-OH is 1. The second-order valence-corrected chi connectivity index (χ2v) is 20.3. The quantitative estimate of drug-likeness (QED) is 0.0144. The van der Waals surface area contributed by atoms with Crippen LogP contribution >= 0.6 is 11.3 Å². The molecule has 452 valence electrons. The van der Waals surface area contributed by atoms with Gasteiger partial charge in [0.05, 0.1) is 149 Å². The summed E-state index contributed by atoms with van der Waals surface area (Å²) in [6, 6.07) is 10.8. The lowest BCUT2D eigenvalue weighted by molar-refractivity contribution is -0.136. The number of hydrogen-bond donors (Lipinski definition) is 2. The van der Waals surface area contributed by atoms with Crippen molar-refractivity contribution in [3.05, 3.63) is 86.1 Å². The van der Waals surface area contributed by atoms with E-state index in [1.165, 1.54) is 16.0 Å². The third-order valence-corrected chi connectivity index (χ3v) is 13.2. The fraction of sp³-hybridized carbons (Fsp3) is 0.649. The number of ether oxygens (including phenoxy) is 11. The van der Waals surface area contributed by atoms with Crippen LogP contribution in [0.25, 0.3) is 6.08 Å². The van der Waals surface area contributed by atoms with Crippen LogP contribution in [0, 0.1) is 23.3 Å². The zero-order chi connectivity index (χ0) is 57.6. The first-order chi connectivity index (χ1) is 38.8. The minimum absolute atomic E-state index is 0.0201. The monoisotopic (exact) mass is 1160 g/mol. The maximum atomic E-state index is 13.6. The number of carbonyl (C=O) groups is 1. The topological polar surface area (TPSA) is 187 Å². The molecule has 0 saturated carbocycles. The number of unbranched alkanes of at least 4 members (excludes halogenated alkanes) is 2. The second-order valence-electron chi connectivity index (χ2n) is 19.1. The Morgan fingerprint density at radius 3 is 1.56 bits per heavy atom. The number of amidine groups is 1. The molecule has 0 aliphatic carbocycles. The lowest BCUT2D eigenvalue weighted by atomic mass is 10.1. The number of aliphatic hydroxyl groups is 1. The average molecular weight is 1160 g/mol. The van der Waals surface area contributed by atoms with Crippen molar-refractivity contribution in [1.29, 1.82) is 0 Å². The molecule has 2 aromatic carbocycles. The molecule has 1 aromatic heterocycles. The summed E-state index contributed by atoms with van der Waals surface area (Å²) in [5.41, 5.74) is 10.6.